The Balaban J connectivity index is 2.18. The number of hydrogen-bond acceptors (Lipinski definition) is 7. The van der Waals surface area contributed by atoms with E-state index in [4.69, 9.17) is 16.3 Å². The van der Waals surface area contributed by atoms with Crippen molar-refractivity contribution in [1.29, 1.82) is 0 Å². The molecule has 2 aromatic rings. The molecular formula is C16H15ClN2O7S. The molecule has 0 unspecified atom stereocenters. The number of sulfonamides is 1. The first kappa shape index (κ1) is 20.8. The van der Waals surface area contributed by atoms with Crippen LogP contribution in [0.1, 0.15) is 15.9 Å². The van der Waals surface area contributed by atoms with Crippen LogP contribution in [0.5, 0.6) is 0 Å². The number of ether oxygens (including phenoxy) is 1. The van der Waals surface area contributed by atoms with Gasteiger partial charge in [-0.25, -0.2) is 13.2 Å². The van der Waals surface area contributed by atoms with Gasteiger partial charge in [0.15, 0.2) is 0 Å². The highest BCUT2D eigenvalue weighted by Gasteiger charge is 2.24. The number of halogens is 1. The van der Waals surface area contributed by atoms with Gasteiger partial charge in [0, 0.05) is 19.2 Å². The van der Waals surface area contributed by atoms with Crippen LogP contribution >= 0.6 is 11.6 Å². The minimum Gasteiger partial charge on any atom is -0.457 e. The molecule has 0 saturated carbocycles. The highest BCUT2D eigenvalue weighted by Crippen LogP contribution is 2.24. The quantitative estimate of drug-likeness (QED) is 0.388. The summed E-state index contributed by atoms with van der Waals surface area (Å²) < 4.78 is 30.3. The molecule has 0 heterocycles. The van der Waals surface area contributed by atoms with E-state index >= 15 is 0 Å². The third kappa shape index (κ3) is 4.80. The highest BCUT2D eigenvalue weighted by atomic mass is 35.5. The normalized spacial score (nSPS) is 11.4. The van der Waals surface area contributed by atoms with Crippen molar-refractivity contribution >= 4 is 33.3 Å². The lowest BCUT2D eigenvalue weighted by Gasteiger charge is -2.15. The Kier molecular flexibility index (Phi) is 6.50. The van der Waals surface area contributed by atoms with Gasteiger partial charge in [0.2, 0.25) is 0 Å². The maximum absolute atomic E-state index is 12.3. The second-order valence-electron chi connectivity index (χ2n) is 5.24. The van der Waals surface area contributed by atoms with Crippen LogP contribution in [-0.4, -0.2) is 37.9 Å². The average Bonchev–Trinajstić information content (AvgIpc) is 2.65. The summed E-state index contributed by atoms with van der Waals surface area (Å²) in [7, 11) is -1.57. The zero-order valence-corrected chi connectivity index (χ0v) is 15.9. The predicted molar refractivity (Wildman–Crippen MR) is 95.6 cm³/mol. The lowest BCUT2D eigenvalue weighted by atomic mass is 10.2. The van der Waals surface area contributed by atoms with Crippen LogP contribution in [0.2, 0.25) is 5.02 Å². The lowest BCUT2D eigenvalue weighted by molar-refractivity contribution is -0.384. The number of nitro groups is 1. The van der Waals surface area contributed by atoms with Crippen LogP contribution in [0.25, 0.3) is 0 Å². The summed E-state index contributed by atoms with van der Waals surface area (Å²) in [6.07, 6.45) is 0. The van der Waals surface area contributed by atoms with Gasteiger partial charge in [0.25, 0.3) is 15.7 Å². The van der Waals surface area contributed by atoms with Gasteiger partial charge >= 0.3 is 5.97 Å². The Hall–Kier alpha value is -2.53. The van der Waals surface area contributed by atoms with E-state index in [2.05, 4.69) is 4.84 Å². The summed E-state index contributed by atoms with van der Waals surface area (Å²) in [6.45, 7) is -0.165. The Morgan fingerprint density at radius 3 is 2.41 bits per heavy atom. The molecule has 9 nitrogen and oxygen atoms in total. The van der Waals surface area contributed by atoms with Gasteiger partial charge in [-0.05, 0) is 35.9 Å². The maximum atomic E-state index is 12.3. The Labute approximate surface area is 160 Å². The minimum atomic E-state index is -3.96. The smallest absolute Gasteiger partial charge is 0.340 e. The van der Waals surface area contributed by atoms with Crippen LogP contribution in [0, 0.1) is 10.1 Å². The van der Waals surface area contributed by atoms with E-state index in [1.165, 1.54) is 50.6 Å². The molecule has 2 rings (SSSR count). The minimum absolute atomic E-state index is 0.0164. The molecule has 0 bridgehead atoms. The molecule has 0 radical (unpaired) electrons. The first-order chi connectivity index (χ1) is 12.7. The second kappa shape index (κ2) is 8.44. The average molecular weight is 415 g/mol. The van der Waals surface area contributed by atoms with E-state index in [1.54, 1.807) is 0 Å². The zero-order chi connectivity index (χ0) is 20.2. The molecule has 27 heavy (non-hydrogen) atoms. The molecule has 11 heteroatoms. The SMILES string of the molecule is CON(C)S(=O)(=O)c1ccc(Cl)c(C(=O)OCc2ccc([N+](=O)[O-])cc2)c1. The number of hydrogen-bond donors (Lipinski definition) is 0. The number of benzene rings is 2. The van der Waals surface area contributed by atoms with Crippen molar-refractivity contribution in [3.63, 3.8) is 0 Å². The van der Waals surface area contributed by atoms with E-state index in [9.17, 15) is 23.3 Å². The molecule has 0 N–H and O–H groups in total. The van der Waals surface area contributed by atoms with E-state index in [0.29, 0.717) is 10.0 Å². The van der Waals surface area contributed by atoms with Gasteiger partial charge in [-0.1, -0.05) is 16.1 Å². The van der Waals surface area contributed by atoms with Crippen molar-refractivity contribution in [3.8, 4) is 0 Å². The molecular weight excluding hydrogens is 400 g/mol. The zero-order valence-electron chi connectivity index (χ0n) is 14.3. The molecule has 0 fully saturated rings. The van der Waals surface area contributed by atoms with Crippen molar-refractivity contribution in [2.24, 2.45) is 0 Å². The summed E-state index contributed by atoms with van der Waals surface area (Å²) in [5, 5.41) is 10.6. The second-order valence-corrected chi connectivity index (χ2v) is 7.58. The molecule has 0 aromatic heterocycles. The molecule has 144 valence electrons. The summed E-state index contributed by atoms with van der Waals surface area (Å²) in [5.41, 5.74) is 0.297. The molecule has 0 amide bonds. The Morgan fingerprint density at radius 2 is 1.85 bits per heavy atom. The van der Waals surface area contributed by atoms with Gasteiger partial charge in [-0.3, -0.25) is 15.0 Å². The van der Waals surface area contributed by atoms with E-state index in [-0.39, 0.29) is 27.8 Å². The first-order valence-electron chi connectivity index (χ1n) is 7.40. The van der Waals surface area contributed by atoms with Gasteiger partial charge in [-0.15, -0.1) is 0 Å². The first-order valence-corrected chi connectivity index (χ1v) is 9.21. The molecule has 0 spiro atoms. The van der Waals surface area contributed by atoms with E-state index in [1.807, 2.05) is 0 Å². The van der Waals surface area contributed by atoms with Gasteiger partial charge in [-0.2, -0.15) is 0 Å². The number of esters is 1. The summed E-state index contributed by atoms with van der Waals surface area (Å²) in [6, 6.07) is 9.04. The third-order valence-electron chi connectivity index (χ3n) is 3.57. The Bertz CT molecular complexity index is 961. The topological polar surface area (TPSA) is 116 Å². The van der Waals surface area contributed by atoms with Crippen molar-refractivity contribution < 1.29 is 27.7 Å². The number of hydroxylamine groups is 1. The predicted octanol–water partition coefficient (Wildman–Crippen LogP) is 2.79. The van der Waals surface area contributed by atoms with Crippen molar-refractivity contribution in [2.45, 2.75) is 11.5 Å². The summed E-state index contributed by atoms with van der Waals surface area (Å²) in [5.74, 6) is -0.838. The van der Waals surface area contributed by atoms with E-state index in [0.717, 1.165) is 6.07 Å². The number of carbonyl (C=O) groups excluding carboxylic acids is 1. The fourth-order valence-electron chi connectivity index (χ4n) is 2.01. The van der Waals surface area contributed by atoms with Gasteiger partial charge in [0.1, 0.15) is 6.61 Å². The molecule has 2 aromatic carbocycles. The number of carbonyl (C=O) groups is 1. The van der Waals surface area contributed by atoms with Crippen molar-refractivity contribution in [3.05, 3.63) is 68.7 Å². The molecule has 0 aliphatic carbocycles. The van der Waals surface area contributed by atoms with Crippen molar-refractivity contribution in [2.75, 3.05) is 14.2 Å². The number of nitrogens with zero attached hydrogens (tertiary/aromatic N) is 2. The third-order valence-corrected chi connectivity index (χ3v) is 5.57. The molecule has 0 aliphatic rings. The fourth-order valence-corrected chi connectivity index (χ4v) is 3.20. The van der Waals surface area contributed by atoms with E-state index < -0.39 is 20.9 Å². The number of rotatable bonds is 7. The van der Waals surface area contributed by atoms with Crippen LogP contribution in [0.15, 0.2) is 47.4 Å². The van der Waals surface area contributed by atoms with Crippen LogP contribution in [0.3, 0.4) is 0 Å². The van der Waals surface area contributed by atoms with Gasteiger partial charge < -0.3 is 4.74 Å². The van der Waals surface area contributed by atoms with Crippen LogP contribution in [-0.2, 0) is 26.2 Å². The molecule has 0 aliphatic heterocycles. The monoisotopic (exact) mass is 414 g/mol. The largest absolute Gasteiger partial charge is 0.457 e. The molecule has 0 saturated heterocycles. The van der Waals surface area contributed by atoms with Gasteiger partial charge in [0.05, 0.1) is 27.5 Å². The lowest BCUT2D eigenvalue weighted by Crippen LogP contribution is -2.26. The fraction of sp³-hybridized carbons (Fsp3) is 0.188. The highest BCUT2D eigenvalue weighted by molar-refractivity contribution is 7.89. The number of non-ortho nitro benzene ring substituents is 1. The molecule has 0 atom stereocenters. The Morgan fingerprint density at radius 1 is 1.22 bits per heavy atom. The summed E-state index contributed by atoms with van der Waals surface area (Å²) in [4.78, 5) is 26.8. The van der Waals surface area contributed by atoms with Crippen molar-refractivity contribution in [1.82, 2.24) is 4.47 Å². The maximum Gasteiger partial charge on any atom is 0.340 e. The standard InChI is InChI=1S/C16H15ClN2O7S/c1-18(25-2)27(23,24)13-7-8-15(17)14(9-13)16(20)26-10-11-3-5-12(6-4-11)19(21)22/h3-9H,10H2,1-2H3. The summed E-state index contributed by atoms with van der Waals surface area (Å²) >= 11 is 5.98. The number of nitro benzene ring substituents is 1. The van der Waals surface area contributed by atoms with Crippen LogP contribution < -0.4 is 0 Å². The van der Waals surface area contributed by atoms with Crippen LogP contribution in [0.4, 0.5) is 5.69 Å².